The highest BCUT2D eigenvalue weighted by atomic mass is 14.7. The molecular weight excluding hydrogens is 134 g/mol. The van der Waals surface area contributed by atoms with E-state index in [0.29, 0.717) is 11.3 Å². The number of hydrogen-bond donors (Lipinski definition) is 0. The van der Waals surface area contributed by atoms with E-state index in [4.69, 9.17) is 0 Å². The van der Waals surface area contributed by atoms with Crippen LogP contribution in [0.25, 0.3) is 0 Å². The molecule has 0 fully saturated rings. The summed E-state index contributed by atoms with van der Waals surface area (Å²) in [6.45, 7) is 11.2. The van der Waals surface area contributed by atoms with Crippen molar-refractivity contribution in [3.63, 3.8) is 0 Å². The van der Waals surface area contributed by atoms with Gasteiger partial charge in [-0.15, -0.1) is 0 Å². The van der Waals surface area contributed by atoms with E-state index >= 15 is 0 Å². The Morgan fingerprint density at radius 1 is 1.36 bits per heavy atom. The van der Waals surface area contributed by atoms with Crippen molar-refractivity contribution in [2.75, 3.05) is 7.05 Å². The molecule has 0 aliphatic heterocycles. The highest BCUT2D eigenvalue weighted by molar-refractivity contribution is 5.84. The third-order valence-corrected chi connectivity index (χ3v) is 2.31. The molecule has 0 aromatic heterocycles. The van der Waals surface area contributed by atoms with E-state index in [1.54, 1.807) is 0 Å². The summed E-state index contributed by atoms with van der Waals surface area (Å²) in [7, 11) is 1.88. The Hall–Kier alpha value is -0.330. The first-order valence-corrected chi connectivity index (χ1v) is 4.36. The first-order valence-electron chi connectivity index (χ1n) is 4.36. The summed E-state index contributed by atoms with van der Waals surface area (Å²) in [5.41, 5.74) is 1.64. The first kappa shape index (κ1) is 10.7. The molecule has 1 heteroatoms. The van der Waals surface area contributed by atoms with Crippen molar-refractivity contribution < 1.29 is 0 Å². The van der Waals surface area contributed by atoms with Crippen LogP contribution in [0.15, 0.2) is 4.99 Å². The minimum Gasteiger partial charge on any atom is -0.297 e. The third-order valence-electron chi connectivity index (χ3n) is 2.31. The Morgan fingerprint density at radius 2 is 1.82 bits per heavy atom. The van der Waals surface area contributed by atoms with Gasteiger partial charge in [-0.05, 0) is 18.8 Å². The molecule has 0 aliphatic rings. The standard InChI is InChI=1S/C10H21N/c1-7-9(8(2)11-6)10(3,4)5/h9H,7H2,1-6H3/b11-8+/t9-/m1/s1. The fourth-order valence-corrected chi connectivity index (χ4v) is 1.69. The quantitative estimate of drug-likeness (QED) is 0.543. The predicted molar refractivity (Wildman–Crippen MR) is 52.3 cm³/mol. The summed E-state index contributed by atoms with van der Waals surface area (Å²) in [5, 5.41) is 0. The molecule has 1 nitrogen and oxygen atoms in total. The lowest BCUT2D eigenvalue weighted by Gasteiger charge is -2.29. The molecule has 0 saturated heterocycles. The van der Waals surface area contributed by atoms with Gasteiger partial charge >= 0.3 is 0 Å². The fourth-order valence-electron chi connectivity index (χ4n) is 1.69. The average molecular weight is 155 g/mol. The molecule has 0 aromatic rings. The zero-order chi connectivity index (χ0) is 9.07. The molecular formula is C10H21N. The van der Waals surface area contributed by atoms with Gasteiger partial charge in [-0.25, -0.2) is 0 Å². The Morgan fingerprint density at radius 3 is 1.91 bits per heavy atom. The van der Waals surface area contributed by atoms with E-state index in [0.717, 1.165) is 0 Å². The van der Waals surface area contributed by atoms with Crippen molar-refractivity contribution in [2.45, 2.75) is 41.0 Å². The molecule has 0 spiro atoms. The molecule has 0 N–H and O–H groups in total. The van der Waals surface area contributed by atoms with Crippen LogP contribution in [0, 0.1) is 11.3 Å². The van der Waals surface area contributed by atoms with Gasteiger partial charge in [0.05, 0.1) is 0 Å². The number of aliphatic imine (C=N–C) groups is 1. The van der Waals surface area contributed by atoms with Gasteiger partial charge in [-0.1, -0.05) is 27.7 Å². The van der Waals surface area contributed by atoms with Crippen LogP contribution < -0.4 is 0 Å². The van der Waals surface area contributed by atoms with Crippen molar-refractivity contribution in [3.8, 4) is 0 Å². The van der Waals surface area contributed by atoms with Crippen LogP contribution in [-0.4, -0.2) is 12.8 Å². The Bertz CT molecular complexity index is 139. The van der Waals surface area contributed by atoms with Gasteiger partial charge in [0.1, 0.15) is 0 Å². The molecule has 11 heavy (non-hydrogen) atoms. The van der Waals surface area contributed by atoms with E-state index in [-0.39, 0.29) is 0 Å². The summed E-state index contributed by atoms with van der Waals surface area (Å²) in [4.78, 5) is 4.24. The zero-order valence-electron chi connectivity index (χ0n) is 8.73. The second-order valence-electron chi connectivity index (χ2n) is 4.19. The SMILES string of the molecule is CC[C@H](/C(C)=N/C)C(C)(C)C. The van der Waals surface area contributed by atoms with Gasteiger partial charge in [0.25, 0.3) is 0 Å². The minimum atomic E-state index is 0.359. The van der Waals surface area contributed by atoms with Crippen molar-refractivity contribution in [1.82, 2.24) is 0 Å². The van der Waals surface area contributed by atoms with Crippen LogP contribution in [0.1, 0.15) is 41.0 Å². The van der Waals surface area contributed by atoms with Gasteiger partial charge in [0.2, 0.25) is 0 Å². The lowest BCUT2D eigenvalue weighted by molar-refractivity contribution is 0.304. The maximum Gasteiger partial charge on any atom is 0.0276 e. The van der Waals surface area contributed by atoms with Gasteiger partial charge < -0.3 is 0 Å². The molecule has 0 amide bonds. The molecule has 0 saturated carbocycles. The lowest BCUT2D eigenvalue weighted by Crippen LogP contribution is -2.26. The predicted octanol–water partition coefficient (Wildman–Crippen LogP) is 3.15. The second kappa shape index (κ2) is 3.89. The van der Waals surface area contributed by atoms with Crippen LogP contribution in [0.2, 0.25) is 0 Å². The number of nitrogens with zero attached hydrogens (tertiary/aromatic N) is 1. The zero-order valence-corrected chi connectivity index (χ0v) is 8.73. The normalized spacial score (nSPS) is 16.7. The van der Waals surface area contributed by atoms with Gasteiger partial charge in [-0.3, -0.25) is 4.99 Å². The summed E-state index contributed by atoms with van der Waals surface area (Å²) in [6, 6.07) is 0. The van der Waals surface area contributed by atoms with Crippen molar-refractivity contribution in [1.29, 1.82) is 0 Å². The van der Waals surface area contributed by atoms with Crippen molar-refractivity contribution in [3.05, 3.63) is 0 Å². The van der Waals surface area contributed by atoms with E-state index < -0.39 is 0 Å². The largest absolute Gasteiger partial charge is 0.297 e. The maximum atomic E-state index is 4.24. The topological polar surface area (TPSA) is 12.4 Å². The molecule has 0 rings (SSSR count). The van der Waals surface area contributed by atoms with Gasteiger partial charge in [0, 0.05) is 18.7 Å². The van der Waals surface area contributed by atoms with Crippen LogP contribution in [0.5, 0.6) is 0 Å². The molecule has 66 valence electrons. The first-order chi connectivity index (χ1) is 4.93. The number of hydrogen-bond acceptors (Lipinski definition) is 1. The Labute approximate surface area is 70.9 Å². The van der Waals surface area contributed by atoms with Gasteiger partial charge in [-0.2, -0.15) is 0 Å². The van der Waals surface area contributed by atoms with Crippen molar-refractivity contribution >= 4 is 5.71 Å². The minimum absolute atomic E-state index is 0.359. The van der Waals surface area contributed by atoms with E-state index in [9.17, 15) is 0 Å². The summed E-state index contributed by atoms with van der Waals surface area (Å²) < 4.78 is 0. The Balaban J connectivity index is 4.42. The molecule has 0 radical (unpaired) electrons. The Kier molecular flexibility index (Phi) is 3.77. The van der Waals surface area contributed by atoms with Crippen LogP contribution in [0.4, 0.5) is 0 Å². The lowest BCUT2D eigenvalue weighted by atomic mass is 9.76. The van der Waals surface area contributed by atoms with E-state index in [1.165, 1.54) is 12.1 Å². The summed E-state index contributed by atoms with van der Waals surface area (Å²) >= 11 is 0. The second-order valence-corrected chi connectivity index (χ2v) is 4.19. The van der Waals surface area contributed by atoms with Crippen LogP contribution in [-0.2, 0) is 0 Å². The molecule has 0 unspecified atom stereocenters. The smallest absolute Gasteiger partial charge is 0.0276 e. The fraction of sp³-hybridized carbons (Fsp3) is 0.900. The molecule has 0 aliphatic carbocycles. The van der Waals surface area contributed by atoms with Crippen LogP contribution in [0.3, 0.4) is 0 Å². The van der Waals surface area contributed by atoms with E-state index in [2.05, 4.69) is 39.6 Å². The van der Waals surface area contributed by atoms with Crippen molar-refractivity contribution in [2.24, 2.45) is 16.3 Å². The molecule has 0 bridgehead atoms. The summed E-state index contributed by atoms with van der Waals surface area (Å²) in [6.07, 6.45) is 1.19. The average Bonchev–Trinajstić information content (AvgIpc) is 1.86. The third kappa shape index (κ3) is 3.04. The van der Waals surface area contributed by atoms with Crippen LogP contribution >= 0.6 is 0 Å². The maximum absolute atomic E-state index is 4.24. The van der Waals surface area contributed by atoms with E-state index in [1.807, 2.05) is 7.05 Å². The highest BCUT2D eigenvalue weighted by Crippen LogP contribution is 2.29. The molecule has 0 heterocycles. The molecule has 0 aromatic carbocycles. The van der Waals surface area contributed by atoms with Gasteiger partial charge in [0.15, 0.2) is 0 Å². The summed E-state index contributed by atoms with van der Waals surface area (Å²) in [5.74, 6) is 0.632. The number of rotatable bonds is 2. The highest BCUT2D eigenvalue weighted by Gasteiger charge is 2.24. The monoisotopic (exact) mass is 155 g/mol. The molecule has 1 atom stereocenters.